The van der Waals surface area contributed by atoms with Crippen LogP contribution in [0.1, 0.15) is 284 Å². The van der Waals surface area contributed by atoms with Crippen LogP contribution in [-0.2, 0) is 33.3 Å². The van der Waals surface area contributed by atoms with Gasteiger partial charge in [-0.3, -0.25) is 9.59 Å². The average molecular weight is 1060 g/mol. The molecule has 75 heavy (non-hydrogen) atoms. The molecule has 0 aliphatic carbocycles. The van der Waals surface area contributed by atoms with Gasteiger partial charge < -0.3 is 28.5 Å². The highest BCUT2D eigenvalue weighted by Gasteiger charge is 2.25. The first-order valence-electron chi connectivity index (χ1n) is 31.5. The van der Waals surface area contributed by atoms with Crippen molar-refractivity contribution in [2.45, 2.75) is 296 Å². The van der Waals surface area contributed by atoms with Gasteiger partial charge in [0.15, 0.2) is 6.10 Å². The maximum atomic E-state index is 12.9. The molecule has 0 amide bonds. The van der Waals surface area contributed by atoms with E-state index in [9.17, 15) is 19.5 Å². The zero-order chi connectivity index (χ0) is 54.8. The number of hydrogen-bond donors (Lipinski definition) is 1. The molecule has 0 aliphatic heterocycles. The molecule has 9 heteroatoms. The van der Waals surface area contributed by atoms with Crippen molar-refractivity contribution < 1.29 is 42.9 Å². The van der Waals surface area contributed by atoms with Crippen molar-refractivity contribution in [3.05, 3.63) is 60.8 Å². The first-order chi connectivity index (χ1) is 36.6. The van der Waals surface area contributed by atoms with Crippen LogP contribution in [-0.4, -0.2) is 87.4 Å². The van der Waals surface area contributed by atoms with E-state index in [1.54, 1.807) is 0 Å². The van der Waals surface area contributed by atoms with Gasteiger partial charge in [0.05, 0.1) is 34.4 Å². The number of quaternary nitrogens is 1. The summed E-state index contributed by atoms with van der Waals surface area (Å²) in [6.45, 7) is 4.80. The Kier molecular flexibility index (Phi) is 54.9. The highest BCUT2D eigenvalue weighted by atomic mass is 16.7. The molecule has 0 fully saturated rings. The number of aliphatic carboxylic acids is 1. The first-order valence-corrected chi connectivity index (χ1v) is 31.5. The number of nitrogens with zero attached hydrogens (tertiary/aromatic N) is 1. The maximum absolute atomic E-state index is 12.9. The van der Waals surface area contributed by atoms with Gasteiger partial charge in [-0.05, 0) is 57.8 Å². The molecule has 9 nitrogen and oxygen atoms in total. The van der Waals surface area contributed by atoms with E-state index in [2.05, 4.69) is 74.6 Å². The smallest absolute Gasteiger partial charge is 0.361 e. The van der Waals surface area contributed by atoms with Gasteiger partial charge in [-0.2, -0.15) is 0 Å². The average Bonchev–Trinajstić information content (AvgIpc) is 3.38. The van der Waals surface area contributed by atoms with Crippen LogP contribution in [0.25, 0.3) is 0 Å². The van der Waals surface area contributed by atoms with Crippen molar-refractivity contribution in [1.82, 2.24) is 0 Å². The number of unbranched alkanes of at least 4 members (excludes halogenated alkanes) is 33. The molecule has 0 spiro atoms. The molecule has 0 aromatic rings. The Hall–Kier alpha value is -3.01. The van der Waals surface area contributed by atoms with E-state index >= 15 is 0 Å². The Morgan fingerprint density at radius 1 is 0.413 bits per heavy atom. The molecule has 0 radical (unpaired) electrons. The van der Waals surface area contributed by atoms with E-state index in [-0.39, 0.29) is 32.2 Å². The highest BCUT2D eigenvalue weighted by molar-refractivity contribution is 5.71. The molecule has 2 unspecified atom stereocenters. The largest absolute Gasteiger partial charge is 0.477 e. The number of likely N-dealkylation sites (N-methyl/N-ethyl adjacent to an activating group) is 1. The van der Waals surface area contributed by atoms with Crippen molar-refractivity contribution in [3.63, 3.8) is 0 Å². The fraction of sp³-hybridized carbons (Fsp3) is 0.803. The van der Waals surface area contributed by atoms with Gasteiger partial charge in [0.2, 0.25) is 0 Å². The maximum Gasteiger partial charge on any atom is 0.361 e. The predicted octanol–water partition coefficient (Wildman–Crippen LogP) is 18.8. The van der Waals surface area contributed by atoms with Crippen LogP contribution in [0.2, 0.25) is 0 Å². The van der Waals surface area contributed by atoms with E-state index in [1.165, 1.54) is 180 Å². The fourth-order valence-corrected chi connectivity index (χ4v) is 8.98. The SMILES string of the molecule is CC/C=C\C/C=C\C/C=C\C/C=C\C/C=C\CCCCCCCCCCCCCC(=O)OC(COC(=O)CCCCCCCCCCCCCCCCCCCCCCCCC)COC(OCC[N+](C)(C)C)C(=O)O. The van der Waals surface area contributed by atoms with Crippen LogP contribution in [0.3, 0.4) is 0 Å². The van der Waals surface area contributed by atoms with E-state index < -0.39 is 24.3 Å². The summed E-state index contributed by atoms with van der Waals surface area (Å²) in [7, 11) is 5.98. The molecule has 0 saturated heterocycles. The number of ether oxygens (including phenoxy) is 4. The van der Waals surface area contributed by atoms with E-state index in [1.807, 2.05) is 21.1 Å². The minimum atomic E-state index is -1.51. The van der Waals surface area contributed by atoms with Gasteiger partial charge in [-0.1, -0.05) is 274 Å². The summed E-state index contributed by atoms with van der Waals surface area (Å²) in [5.41, 5.74) is 0. The molecule has 0 bridgehead atoms. The van der Waals surface area contributed by atoms with Crippen molar-refractivity contribution in [3.8, 4) is 0 Å². The van der Waals surface area contributed by atoms with Crippen molar-refractivity contribution in [2.24, 2.45) is 0 Å². The van der Waals surface area contributed by atoms with Crippen LogP contribution < -0.4 is 0 Å². The fourth-order valence-electron chi connectivity index (χ4n) is 8.98. The van der Waals surface area contributed by atoms with Crippen LogP contribution in [0.5, 0.6) is 0 Å². The van der Waals surface area contributed by atoms with Gasteiger partial charge in [-0.25, -0.2) is 4.79 Å². The minimum Gasteiger partial charge on any atom is -0.477 e. The number of rotatable bonds is 58. The molecule has 1 N–H and O–H groups in total. The third-order valence-electron chi connectivity index (χ3n) is 13.8. The van der Waals surface area contributed by atoms with Gasteiger partial charge >= 0.3 is 17.9 Å². The molecule has 2 atom stereocenters. The number of esters is 2. The lowest BCUT2D eigenvalue weighted by Gasteiger charge is -2.25. The molecule has 0 heterocycles. The van der Waals surface area contributed by atoms with E-state index in [4.69, 9.17) is 18.9 Å². The van der Waals surface area contributed by atoms with Crippen LogP contribution in [0.15, 0.2) is 60.8 Å². The lowest BCUT2D eigenvalue weighted by Crippen LogP contribution is -2.40. The third kappa shape index (κ3) is 58.5. The summed E-state index contributed by atoms with van der Waals surface area (Å²) in [4.78, 5) is 37.5. The molecule has 0 saturated carbocycles. The Morgan fingerprint density at radius 3 is 1.13 bits per heavy atom. The second kappa shape index (κ2) is 57.2. The molecule has 0 aromatic carbocycles. The van der Waals surface area contributed by atoms with Crippen molar-refractivity contribution in [2.75, 3.05) is 47.5 Å². The van der Waals surface area contributed by atoms with Crippen molar-refractivity contribution >= 4 is 17.9 Å². The van der Waals surface area contributed by atoms with Crippen molar-refractivity contribution in [1.29, 1.82) is 0 Å². The summed E-state index contributed by atoms with van der Waals surface area (Å²) in [5.74, 6) is -1.99. The van der Waals surface area contributed by atoms with Crippen LogP contribution in [0, 0.1) is 0 Å². The summed E-state index contributed by atoms with van der Waals surface area (Å²) in [6, 6.07) is 0. The number of carboxylic acids is 1. The van der Waals surface area contributed by atoms with Gasteiger partial charge in [0, 0.05) is 12.8 Å². The number of hydrogen-bond acceptors (Lipinski definition) is 7. The Balaban J connectivity index is 4.18. The molecule has 436 valence electrons. The van der Waals surface area contributed by atoms with Gasteiger partial charge in [0.1, 0.15) is 13.2 Å². The molecule has 0 aliphatic rings. The molecular formula is C66H120NO8+. The Morgan fingerprint density at radius 2 is 0.760 bits per heavy atom. The number of carbonyl (C=O) groups excluding carboxylic acids is 2. The summed E-state index contributed by atoms with van der Waals surface area (Å²) < 4.78 is 22.9. The summed E-state index contributed by atoms with van der Waals surface area (Å²) in [6.07, 6.45) is 70.2. The van der Waals surface area contributed by atoms with Crippen LogP contribution in [0.4, 0.5) is 0 Å². The zero-order valence-corrected chi connectivity index (χ0v) is 49.7. The monoisotopic (exact) mass is 1050 g/mol. The van der Waals surface area contributed by atoms with Gasteiger partial charge in [0.25, 0.3) is 6.29 Å². The molecular weight excluding hydrogens is 935 g/mol. The number of allylic oxidation sites excluding steroid dienone is 10. The van der Waals surface area contributed by atoms with E-state index in [0.717, 1.165) is 77.0 Å². The summed E-state index contributed by atoms with van der Waals surface area (Å²) >= 11 is 0. The number of carboxylic acid groups (broad SMARTS) is 1. The normalized spacial score (nSPS) is 13.1. The standard InChI is InChI=1S/C66H119NO8/c1-6-8-10-12-14-16-18-20-22-24-26-28-30-31-32-33-35-37-39-41-43-45-47-49-51-53-55-57-64(69)75-62(61-74-66(65(70)71)72-59-58-67(3,4)5)60-73-63(68)56-54-52-50-48-46-44-42-40-38-36-34-29-27-25-23-21-19-17-15-13-11-9-7-2/h8,10,14,16,20,22,26,28,31-32,62,66H,6-7,9,11-13,15,17-19,21,23-25,27,29-30,33-61H2,1-5H3/p+1/b10-8-,16-14-,22-20-,28-26-,32-31-. The minimum absolute atomic E-state index is 0.181. The topological polar surface area (TPSA) is 108 Å². The van der Waals surface area contributed by atoms with Gasteiger partial charge in [-0.15, -0.1) is 0 Å². The predicted molar refractivity (Wildman–Crippen MR) is 318 cm³/mol. The first kappa shape index (κ1) is 72.0. The lowest BCUT2D eigenvalue weighted by atomic mass is 10.0. The number of carbonyl (C=O) groups is 3. The quantitative estimate of drug-likeness (QED) is 0.0211. The van der Waals surface area contributed by atoms with E-state index in [0.29, 0.717) is 17.4 Å². The Labute approximate surface area is 463 Å². The lowest BCUT2D eigenvalue weighted by molar-refractivity contribution is -0.870. The van der Waals surface area contributed by atoms with Crippen LogP contribution >= 0.6 is 0 Å². The summed E-state index contributed by atoms with van der Waals surface area (Å²) in [5, 5.41) is 9.72. The second-order valence-corrected chi connectivity index (χ2v) is 22.3. The highest BCUT2D eigenvalue weighted by Crippen LogP contribution is 2.17. The molecule has 0 rings (SSSR count). The third-order valence-corrected chi connectivity index (χ3v) is 13.8. The second-order valence-electron chi connectivity index (χ2n) is 22.3. The molecule has 0 aromatic heterocycles. The zero-order valence-electron chi connectivity index (χ0n) is 49.7. The Bertz CT molecular complexity index is 1410.